The van der Waals surface area contributed by atoms with Crippen molar-refractivity contribution in [2.45, 2.75) is 32.6 Å². The van der Waals surface area contributed by atoms with E-state index < -0.39 is 0 Å². The number of aromatic nitrogens is 2. The van der Waals surface area contributed by atoms with Gasteiger partial charge in [-0.2, -0.15) is 5.10 Å². The molecule has 2 heterocycles. The van der Waals surface area contributed by atoms with Gasteiger partial charge in [-0.25, -0.2) is 4.39 Å². The summed E-state index contributed by atoms with van der Waals surface area (Å²) in [4.78, 5) is 40.9. The second-order valence-electron chi connectivity index (χ2n) is 8.49. The number of hydrogen-bond donors (Lipinski definition) is 1. The number of aryl methyl sites for hydroxylation is 1. The number of imide groups is 1. The molecule has 0 radical (unpaired) electrons. The van der Waals surface area contributed by atoms with Crippen LogP contribution in [0, 0.1) is 5.82 Å². The van der Waals surface area contributed by atoms with Crippen molar-refractivity contribution >= 4 is 17.7 Å². The minimum absolute atomic E-state index is 0.208. The molecule has 176 valence electrons. The molecule has 0 spiro atoms. The molecule has 1 N–H and O–H groups in total. The van der Waals surface area contributed by atoms with E-state index in [4.69, 9.17) is 0 Å². The van der Waals surface area contributed by atoms with Crippen LogP contribution in [0.4, 0.5) is 4.39 Å². The van der Waals surface area contributed by atoms with Gasteiger partial charge in [0, 0.05) is 37.0 Å². The standard InChI is InChI=1S/C26H27FN4O3/c1-3-4-13-31-25(33)21-11-10-18(15-22(21)26(31)34)24(32)30(2)12-6-9-20-16-23(29-28-20)17-7-5-8-19(27)14-17/h5,7-8,10-11,14-16H,3-4,6,9,12-13H2,1-2H3,(H,28,29). The van der Waals surface area contributed by atoms with E-state index in [1.54, 1.807) is 36.2 Å². The highest BCUT2D eigenvalue weighted by atomic mass is 19.1. The molecule has 4 rings (SSSR count). The number of halogens is 1. The number of amides is 3. The Morgan fingerprint density at radius 1 is 1.06 bits per heavy atom. The van der Waals surface area contributed by atoms with Crippen molar-refractivity contribution in [2.75, 3.05) is 20.1 Å². The number of fused-ring (bicyclic) bond motifs is 1. The van der Waals surface area contributed by atoms with E-state index in [-0.39, 0.29) is 23.5 Å². The van der Waals surface area contributed by atoms with E-state index in [1.165, 1.54) is 23.1 Å². The van der Waals surface area contributed by atoms with Crippen molar-refractivity contribution in [2.24, 2.45) is 0 Å². The monoisotopic (exact) mass is 462 g/mol. The fourth-order valence-corrected chi connectivity index (χ4v) is 4.06. The van der Waals surface area contributed by atoms with Crippen LogP contribution in [0.3, 0.4) is 0 Å². The molecule has 3 aromatic rings. The maximum atomic E-state index is 13.4. The van der Waals surface area contributed by atoms with E-state index in [1.807, 2.05) is 13.0 Å². The number of nitrogens with zero attached hydrogens (tertiary/aromatic N) is 3. The highest BCUT2D eigenvalue weighted by molar-refractivity contribution is 6.22. The van der Waals surface area contributed by atoms with Gasteiger partial charge in [-0.3, -0.25) is 24.4 Å². The average molecular weight is 463 g/mol. The molecular weight excluding hydrogens is 435 g/mol. The highest BCUT2D eigenvalue weighted by Crippen LogP contribution is 2.25. The maximum absolute atomic E-state index is 13.4. The van der Waals surface area contributed by atoms with Crippen molar-refractivity contribution in [1.82, 2.24) is 20.0 Å². The fourth-order valence-electron chi connectivity index (χ4n) is 4.06. The van der Waals surface area contributed by atoms with Crippen LogP contribution >= 0.6 is 0 Å². The number of H-pyrrole nitrogens is 1. The van der Waals surface area contributed by atoms with Crippen LogP contribution in [0.25, 0.3) is 11.3 Å². The number of benzene rings is 2. The summed E-state index contributed by atoms with van der Waals surface area (Å²) in [6.07, 6.45) is 3.00. The Balaban J connectivity index is 1.35. The van der Waals surface area contributed by atoms with Gasteiger partial charge in [0.15, 0.2) is 0 Å². The Morgan fingerprint density at radius 2 is 1.85 bits per heavy atom. The van der Waals surface area contributed by atoms with Gasteiger partial charge in [0.1, 0.15) is 5.82 Å². The molecule has 8 heteroatoms. The summed E-state index contributed by atoms with van der Waals surface area (Å²) in [6, 6.07) is 12.8. The number of carbonyl (C=O) groups is 3. The zero-order valence-corrected chi connectivity index (χ0v) is 19.3. The van der Waals surface area contributed by atoms with E-state index in [0.717, 1.165) is 18.5 Å². The van der Waals surface area contributed by atoms with Gasteiger partial charge in [-0.1, -0.05) is 25.5 Å². The molecule has 1 aliphatic rings. The summed E-state index contributed by atoms with van der Waals surface area (Å²) in [6.45, 7) is 2.89. The third-order valence-corrected chi connectivity index (χ3v) is 5.99. The Bertz CT molecular complexity index is 1240. The van der Waals surface area contributed by atoms with Gasteiger partial charge in [0.25, 0.3) is 17.7 Å². The minimum Gasteiger partial charge on any atom is -0.342 e. The molecule has 0 saturated heterocycles. The number of aromatic amines is 1. The zero-order valence-electron chi connectivity index (χ0n) is 19.3. The van der Waals surface area contributed by atoms with E-state index in [2.05, 4.69) is 10.2 Å². The van der Waals surface area contributed by atoms with Crippen molar-refractivity contribution in [3.05, 3.63) is 76.7 Å². The molecule has 34 heavy (non-hydrogen) atoms. The highest BCUT2D eigenvalue weighted by Gasteiger charge is 2.35. The Hall–Kier alpha value is -3.81. The van der Waals surface area contributed by atoms with Crippen LogP contribution in [0.1, 0.15) is 63.0 Å². The zero-order chi connectivity index (χ0) is 24.2. The van der Waals surface area contributed by atoms with Crippen LogP contribution in [-0.4, -0.2) is 57.9 Å². The Labute approximate surface area is 197 Å². The second kappa shape index (κ2) is 9.99. The number of carbonyl (C=O) groups excluding carboxylic acids is 3. The molecule has 0 saturated carbocycles. The Morgan fingerprint density at radius 3 is 2.62 bits per heavy atom. The number of unbranched alkanes of at least 4 members (excludes halogenated alkanes) is 1. The number of hydrogen-bond acceptors (Lipinski definition) is 4. The van der Waals surface area contributed by atoms with Crippen molar-refractivity contribution in [1.29, 1.82) is 0 Å². The van der Waals surface area contributed by atoms with Gasteiger partial charge in [0.2, 0.25) is 0 Å². The molecule has 1 aliphatic heterocycles. The molecular formula is C26H27FN4O3. The van der Waals surface area contributed by atoms with Crippen LogP contribution in [0.2, 0.25) is 0 Å². The Kier molecular flexibility index (Phi) is 6.86. The molecule has 7 nitrogen and oxygen atoms in total. The van der Waals surface area contributed by atoms with Crippen LogP contribution in [-0.2, 0) is 6.42 Å². The maximum Gasteiger partial charge on any atom is 0.261 e. The van der Waals surface area contributed by atoms with Gasteiger partial charge < -0.3 is 4.90 Å². The molecule has 3 amide bonds. The molecule has 0 aliphatic carbocycles. The van der Waals surface area contributed by atoms with Crippen LogP contribution in [0.5, 0.6) is 0 Å². The minimum atomic E-state index is -0.334. The average Bonchev–Trinajstić information content (AvgIpc) is 3.40. The van der Waals surface area contributed by atoms with Gasteiger partial charge in [-0.05, 0) is 55.7 Å². The van der Waals surface area contributed by atoms with Crippen LogP contribution < -0.4 is 0 Å². The molecule has 0 atom stereocenters. The number of rotatable bonds is 9. The number of nitrogens with one attached hydrogen (secondary N) is 1. The molecule has 2 aromatic carbocycles. The predicted octanol–water partition coefficient (Wildman–Crippen LogP) is 4.32. The largest absolute Gasteiger partial charge is 0.342 e. The summed E-state index contributed by atoms with van der Waals surface area (Å²) in [5.74, 6) is -1.15. The summed E-state index contributed by atoms with van der Waals surface area (Å²) in [5, 5.41) is 7.21. The predicted molar refractivity (Wildman–Crippen MR) is 126 cm³/mol. The summed E-state index contributed by atoms with van der Waals surface area (Å²) in [7, 11) is 1.71. The first-order valence-corrected chi connectivity index (χ1v) is 11.4. The normalized spacial score (nSPS) is 12.9. The fraction of sp³-hybridized carbons (Fsp3) is 0.308. The van der Waals surface area contributed by atoms with E-state index >= 15 is 0 Å². The van der Waals surface area contributed by atoms with Gasteiger partial charge in [0.05, 0.1) is 16.8 Å². The first kappa shape index (κ1) is 23.4. The smallest absolute Gasteiger partial charge is 0.261 e. The van der Waals surface area contributed by atoms with Crippen molar-refractivity contribution in [3.63, 3.8) is 0 Å². The molecule has 0 bridgehead atoms. The van der Waals surface area contributed by atoms with E-state index in [9.17, 15) is 18.8 Å². The van der Waals surface area contributed by atoms with Gasteiger partial charge in [-0.15, -0.1) is 0 Å². The lowest BCUT2D eigenvalue weighted by Gasteiger charge is -2.17. The lowest BCUT2D eigenvalue weighted by atomic mass is 10.0. The second-order valence-corrected chi connectivity index (χ2v) is 8.49. The molecule has 0 fully saturated rings. The molecule has 0 unspecified atom stereocenters. The summed E-state index contributed by atoms with van der Waals surface area (Å²) in [5.41, 5.74) is 3.30. The summed E-state index contributed by atoms with van der Waals surface area (Å²) >= 11 is 0. The lowest BCUT2D eigenvalue weighted by Crippen LogP contribution is -2.30. The summed E-state index contributed by atoms with van der Waals surface area (Å²) < 4.78 is 13.4. The van der Waals surface area contributed by atoms with E-state index in [0.29, 0.717) is 53.9 Å². The quantitative estimate of drug-likeness (QED) is 0.480. The first-order chi connectivity index (χ1) is 16.4. The van der Waals surface area contributed by atoms with Crippen molar-refractivity contribution in [3.8, 4) is 11.3 Å². The van der Waals surface area contributed by atoms with Crippen molar-refractivity contribution < 1.29 is 18.8 Å². The van der Waals surface area contributed by atoms with Gasteiger partial charge >= 0.3 is 0 Å². The SMILES string of the molecule is CCCCN1C(=O)c2ccc(C(=O)N(C)CCCc3cc(-c4cccc(F)c4)n[nH]3)cc2C1=O. The topological polar surface area (TPSA) is 86.4 Å². The third kappa shape index (κ3) is 4.76. The first-order valence-electron chi connectivity index (χ1n) is 11.4. The lowest BCUT2D eigenvalue weighted by molar-refractivity contribution is 0.0652. The van der Waals surface area contributed by atoms with Crippen LogP contribution in [0.15, 0.2) is 48.5 Å². The third-order valence-electron chi connectivity index (χ3n) is 5.99. The molecule has 1 aromatic heterocycles.